The standard InChI is InChI=1S/C13H20F2N2O/c1-5-18-13(3,4)12(17-16)10-9(14)7-6-8(2)11(10)15/h6-7,12,17H,5,16H2,1-4H3. The molecule has 1 atom stereocenters. The Labute approximate surface area is 106 Å². The first kappa shape index (κ1) is 15.0. The van der Waals surface area contributed by atoms with Crippen LogP contribution in [-0.2, 0) is 4.74 Å². The van der Waals surface area contributed by atoms with E-state index in [-0.39, 0.29) is 5.56 Å². The van der Waals surface area contributed by atoms with E-state index in [1.807, 2.05) is 6.92 Å². The van der Waals surface area contributed by atoms with Gasteiger partial charge in [0.1, 0.15) is 11.6 Å². The van der Waals surface area contributed by atoms with Gasteiger partial charge >= 0.3 is 0 Å². The third-order valence-electron chi connectivity index (χ3n) is 2.99. The van der Waals surface area contributed by atoms with Crippen molar-refractivity contribution < 1.29 is 13.5 Å². The fraction of sp³-hybridized carbons (Fsp3) is 0.538. The predicted molar refractivity (Wildman–Crippen MR) is 66.9 cm³/mol. The highest BCUT2D eigenvalue weighted by Crippen LogP contribution is 2.32. The van der Waals surface area contributed by atoms with Crippen LogP contribution in [0.4, 0.5) is 8.78 Å². The lowest BCUT2D eigenvalue weighted by Gasteiger charge is -2.34. The van der Waals surface area contributed by atoms with Crippen LogP contribution >= 0.6 is 0 Å². The van der Waals surface area contributed by atoms with E-state index in [2.05, 4.69) is 5.43 Å². The minimum Gasteiger partial charge on any atom is -0.374 e. The molecule has 0 radical (unpaired) electrons. The zero-order chi connectivity index (χ0) is 13.9. The molecular formula is C13H20F2N2O. The number of nitrogens with two attached hydrogens (primary N) is 1. The van der Waals surface area contributed by atoms with Crippen molar-refractivity contribution in [3.63, 3.8) is 0 Å². The monoisotopic (exact) mass is 258 g/mol. The normalized spacial score (nSPS) is 13.7. The Balaban J connectivity index is 3.29. The van der Waals surface area contributed by atoms with Crippen molar-refractivity contribution in [2.75, 3.05) is 6.61 Å². The predicted octanol–water partition coefficient (Wildman–Crippen LogP) is 2.59. The summed E-state index contributed by atoms with van der Waals surface area (Å²) in [5.41, 5.74) is 1.91. The summed E-state index contributed by atoms with van der Waals surface area (Å²) < 4.78 is 33.4. The number of nitrogens with one attached hydrogen (secondary N) is 1. The number of hydrazine groups is 1. The third-order valence-corrected chi connectivity index (χ3v) is 2.99. The summed E-state index contributed by atoms with van der Waals surface area (Å²) in [5.74, 6) is 4.22. The van der Waals surface area contributed by atoms with Gasteiger partial charge in [0.15, 0.2) is 0 Å². The molecule has 1 rings (SSSR count). The third kappa shape index (κ3) is 2.85. The van der Waals surface area contributed by atoms with Crippen molar-refractivity contribution in [2.24, 2.45) is 5.84 Å². The molecule has 0 aliphatic rings. The van der Waals surface area contributed by atoms with E-state index in [0.717, 1.165) is 0 Å². The van der Waals surface area contributed by atoms with Gasteiger partial charge < -0.3 is 4.74 Å². The van der Waals surface area contributed by atoms with Crippen LogP contribution in [-0.4, -0.2) is 12.2 Å². The molecule has 0 aliphatic heterocycles. The molecular weight excluding hydrogens is 238 g/mol. The number of halogens is 2. The van der Waals surface area contributed by atoms with Crippen LogP contribution in [0.25, 0.3) is 0 Å². The summed E-state index contributed by atoms with van der Waals surface area (Å²) in [6.07, 6.45) is 0. The highest BCUT2D eigenvalue weighted by atomic mass is 19.1. The number of ether oxygens (including phenoxy) is 1. The average Bonchev–Trinajstić information content (AvgIpc) is 2.29. The largest absolute Gasteiger partial charge is 0.374 e. The Bertz CT molecular complexity index is 422. The SMILES string of the molecule is CCOC(C)(C)C(NN)c1c(F)ccc(C)c1F. The van der Waals surface area contributed by atoms with Gasteiger partial charge in [0.2, 0.25) is 0 Å². The molecule has 1 unspecified atom stereocenters. The van der Waals surface area contributed by atoms with Crippen molar-refractivity contribution >= 4 is 0 Å². The molecule has 102 valence electrons. The molecule has 0 fully saturated rings. The molecule has 0 spiro atoms. The lowest BCUT2D eigenvalue weighted by Crippen LogP contribution is -2.45. The van der Waals surface area contributed by atoms with E-state index in [1.165, 1.54) is 12.1 Å². The molecule has 1 aromatic carbocycles. The second kappa shape index (κ2) is 5.73. The minimum atomic E-state index is -0.820. The van der Waals surface area contributed by atoms with Gasteiger partial charge in [-0.2, -0.15) is 0 Å². The Morgan fingerprint density at radius 2 is 2.00 bits per heavy atom. The molecule has 0 heterocycles. The van der Waals surface area contributed by atoms with E-state index in [1.54, 1.807) is 20.8 Å². The molecule has 0 saturated carbocycles. The van der Waals surface area contributed by atoms with Crippen LogP contribution < -0.4 is 11.3 Å². The highest BCUT2D eigenvalue weighted by molar-refractivity contribution is 5.30. The second-order valence-electron chi connectivity index (χ2n) is 4.73. The minimum absolute atomic E-state index is 0.0871. The fourth-order valence-electron chi connectivity index (χ4n) is 2.03. The van der Waals surface area contributed by atoms with Gasteiger partial charge in [-0.3, -0.25) is 5.84 Å². The van der Waals surface area contributed by atoms with Crippen molar-refractivity contribution in [2.45, 2.75) is 39.3 Å². The van der Waals surface area contributed by atoms with Crippen LogP contribution in [0.2, 0.25) is 0 Å². The maximum atomic E-state index is 14.1. The Kier molecular flexibility index (Phi) is 4.78. The van der Waals surface area contributed by atoms with E-state index in [4.69, 9.17) is 10.6 Å². The molecule has 3 N–H and O–H groups in total. The van der Waals surface area contributed by atoms with E-state index >= 15 is 0 Å². The van der Waals surface area contributed by atoms with Gasteiger partial charge in [0, 0.05) is 12.2 Å². The van der Waals surface area contributed by atoms with E-state index in [0.29, 0.717) is 12.2 Å². The summed E-state index contributed by atoms with van der Waals surface area (Å²) in [6.45, 7) is 7.31. The summed E-state index contributed by atoms with van der Waals surface area (Å²) in [4.78, 5) is 0. The molecule has 0 aliphatic carbocycles. The topological polar surface area (TPSA) is 47.3 Å². The molecule has 5 heteroatoms. The number of aryl methyl sites for hydroxylation is 1. The summed E-state index contributed by atoms with van der Waals surface area (Å²) >= 11 is 0. The molecule has 0 aromatic heterocycles. The van der Waals surface area contributed by atoms with Gasteiger partial charge in [-0.25, -0.2) is 14.2 Å². The van der Waals surface area contributed by atoms with Gasteiger partial charge in [-0.05, 0) is 39.3 Å². The van der Waals surface area contributed by atoms with Crippen LogP contribution in [0.15, 0.2) is 12.1 Å². The van der Waals surface area contributed by atoms with Gasteiger partial charge in [-0.1, -0.05) is 6.07 Å². The van der Waals surface area contributed by atoms with Crippen molar-refractivity contribution in [1.82, 2.24) is 5.43 Å². The zero-order valence-electron chi connectivity index (χ0n) is 11.2. The number of rotatable bonds is 5. The van der Waals surface area contributed by atoms with Crippen LogP contribution in [0.5, 0.6) is 0 Å². The van der Waals surface area contributed by atoms with Crippen molar-refractivity contribution in [3.05, 3.63) is 34.9 Å². The number of hydrogen-bond acceptors (Lipinski definition) is 3. The van der Waals surface area contributed by atoms with Gasteiger partial charge in [0.05, 0.1) is 11.6 Å². The first-order chi connectivity index (χ1) is 8.35. The smallest absolute Gasteiger partial charge is 0.133 e. The lowest BCUT2D eigenvalue weighted by atomic mass is 9.90. The van der Waals surface area contributed by atoms with Gasteiger partial charge in [-0.15, -0.1) is 0 Å². The molecule has 0 saturated heterocycles. The molecule has 1 aromatic rings. The molecule has 3 nitrogen and oxygen atoms in total. The Morgan fingerprint density at radius 3 is 2.50 bits per heavy atom. The van der Waals surface area contributed by atoms with Gasteiger partial charge in [0.25, 0.3) is 0 Å². The summed E-state index contributed by atoms with van der Waals surface area (Å²) in [7, 11) is 0. The quantitative estimate of drug-likeness (QED) is 0.630. The van der Waals surface area contributed by atoms with E-state index in [9.17, 15) is 8.78 Å². The summed E-state index contributed by atoms with van der Waals surface area (Å²) in [5, 5.41) is 0. The van der Waals surface area contributed by atoms with Crippen LogP contribution in [0, 0.1) is 18.6 Å². The summed E-state index contributed by atoms with van der Waals surface area (Å²) in [6, 6.07) is 1.87. The fourth-order valence-corrected chi connectivity index (χ4v) is 2.03. The highest BCUT2D eigenvalue weighted by Gasteiger charge is 2.35. The Morgan fingerprint density at radius 1 is 1.39 bits per heavy atom. The van der Waals surface area contributed by atoms with E-state index < -0.39 is 23.3 Å². The lowest BCUT2D eigenvalue weighted by molar-refractivity contribution is -0.0409. The maximum Gasteiger partial charge on any atom is 0.133 e. The first-order valence-corrected chi connectivity index (χ1v) is 5.89. The van der Waals surface area contributed by atoms with Crippen LogP contribution in [0.1, 0.15) is 37.9 Å². The molecule has 0 amide bonds. The second-order valence-corrected chi connectivity index (χ2v) is 4.73. The first-order valence-electron chi connectivity index (χ1n) is 5.89. The zero-order valence-corrected chi connectivity index (χ0v) is 11.2. The van der Waals surface area contributed by atoms with Crippen molar-refractivity contribution in [3.8, 4) is 0 Å². The van der Waals surface area contributed by atoms with Crippen molar-refractivity contribution in [1.29, 1.82) is 0 Å². The Hall–Kier alpha value is -1.04. The molecule has 18 heavy (non-hydrogen) atoms. The molecule has 0 bridgehead atoms. The average molecular weight is 258 g/mol. The number of benzene rings is 1. The van der Waals surface area contributed by atoms with Crippen LogP contribution in [0.3, 0.4) is 0 Å². The number of hydrogen-bond donors (Lipinski definition) is 2. The maximum absolute atomic E-state index is 14.1.